The van der Waals surface area contributed by atoms with Gasteiger partial charge in [0.15, 0.2) is 0 Å². The van der Waals surface area contributed by atoms with E-state index in [0.29, 0.717) is 19.0 Å². The molecule has 0 aromatic heterocycles. The van der Waals surface area contributed by atoms with Gasteiger partial charge in [-0.05, 0) is 52.9 Å². The molecule has 1 saturated carbocycles. The highest BCUT2D eigenvalue weighted by molar-refractivity contribution is 6.05. The Balaban J connectivity index is 1.45. The molecule has 1 aliphatic carbocycles. The number of benzene rings is 3. The second-order valence-corrected chi connectivity index (χ2v) is 8.77. The van der Waals surface area contributed by atoms with Crippen molar-refractivity contribution in [2.45, 2.75) is 31.3 Å². The molecule has 6 nitrogen and oxygen atoms in total. The molecule has 6 heteroatoms. The van der Waals surface area contributed by atoms with E-state index in [1.165, 1.54) is 5.39 Å². The number of aliphatic hydroxyl groups excluding tert-OH is 1. The number of amides is 1. The summed E-state index contributed by atoms with van der Waals surface area (Å²) in [5.41, 5.74) is 2.98. The molecule has 1 fully saturated rings. The number of hydrazone groups is 1. The molecule has 1 aliphatic heterocycles. The van der Waals surface area contributed by atoms with E-state index in [1.807, 2.05) is 36.4 Å². The van der Waals surface area contributed by atoms with Crippen molar-refractivity contribution in [3.8, 4) is 5.75 Å². The van der Waals surface area contributed by atoms with E-state index in [-0.39, 0.29) is 25.1 Å². The molecule has 3 aromatic carbocycles. The Morgan fingerprint density at radius 1 is 1.09 bits per heavy atom. The third-order valence-electron chi connectivity index (χ3n) is 6.54. The summed E-state index contributed by atoms with van der Waals surface area (Å²) in [5.74, 6) is 0.750. The van der Waals surface area contributed by atoms with Crippen molar-refractivity contribution >= 4 is 22.4 Å². The number of aliphatic hydroxyl groups is 1. The molecule has 0 radical (unpaired) electrons. The van der Waals surface area contributed by atoms with Gasteiger partial charge in [-0.15, -0.1) is 0 Å². The Morgan fingerprint density at radius 3 is 2.55 bits per heavy atom. The van der Waals surface area contributed by atoms with E-state index in [0.717, 1.165) is 40.8 Å². The van der Waals surface area contributed by atoms with Crippen molar-refractivity contribution in [2.24, 2.45) is 5.10 Å². The summed E-state index contributed by atoms with van der Waals surface area (Å²) in [5, 5.41) is 18.3. The summed E-state index contributed by atoms with van der Waals surface area (Å²) in [6.07, 6.45) is 2.82. The fourth-order valence-corrected chi connectivity index (χ4v) is 4.57. The lowest BCUT2D eigenvalue weighted by Crippen LogP contribution is -2.40. The fraction of sp³-hybridized carbons (Fsp3) is 0.333. The quantitative estimate of drug-likeness (QED) is 0.572. The molecule has 1 heterocycles. The standard InChI is InChI=1S/C27H29N3O3/c1-33-24-12-8-20(9-13-24)26-17-25(22-7-6-19-4-2-3-5-21(19)16-22)28-30(26)27(32)18-29(14-15-31)23-10-11-23/h2-9,12-13,16,23,26,31H,10-11,14-15,17-18H2,1H3. The van der Waals surface area contributed by atoms with Gasteiger partial charge in [-0.3, -0.25) is 9.69 Å². The minimum atomic E-state index is -0.167. The molecule has 33 heavy (non-hydrogen) atoms. The van der Waals surface area contributed by atoms with Crippen molar-refractivity contribution in [3.05, 3.63) is 77.9 Å². The summed E-state index contributed by atoms with van der Waals surface area (Å²) in [6, 6.07) is 22.7. The molecule has 5 rings (SSSR count). The highest BCUT2D eigenvalue weighted by atomic mass is 16.5. The van der Waals surface area contributed by atoms with Crippen LogP contribution in [0.3, 0.4) is 0 Å². The predicted molar refractivity (Wildman–Crippen MR) is 129 cm³/mol. The average molecular weight is 444 g/mol. The summed E-state index contributed by atoms with van der Waals surface area (Å²) in [4.78, 5) is 15.5. The number of methoxy groups -OCH3 is 1. The monoisotopic (exact) mass is 443 g/mol. The molecule has 1 N–H and O–H groups in total. The zero-order valence-corrected chi connectivity index (χ0v) is 18.9. The van der Waals surface area contributed by atoms with Crippen molar-refractivity contribution in [1.82, 2.24) is 9.91 Å². The molecular formula is C27H29N3O3. The lowest BCUT2D eigenvalue weighted by atomic mass is 9.97. The van der Waals surface area contributed by atoms with Crippen LogP contribution in [-0.2, 0) is 4.79 Å². The smallest absolute Gasteiger partial charge is 0.257 e. The van der Waals surface area contributed by atoms with Crippen LogP contribution in [0.15, 0.2) is 71.8 Å². The van der Waals surface area contributed by atoms with Crippen LogP contribution in [0.4, 0.5) is 0 Å². The lowest BCUT2D eigenvalue weighted by molar-refractivity contribution is -0.134. The van der Waals surface area contributed by atoms with Gasteiger partial charge in [0.05, 0.1) is 32.0 Å². The molecule has 3 aromatic rings. The number of nitrogens with zero attached hydrogens (tertiary/aromatic N) is 3. The minimum absolute atomic E-state index is 0.0352. The number of hydrogen-bond acceptors (Lipinski definition) is 5. The molecule has 1 atom stereocenters. The van der Waals surface area contributed by atoms with Gasteiger partial charge >= 0.3 is 0 Å². The van der Waals surface area contributed by atoms with Crippen molar-refractivity contribution in [3.63, 3.8) is 0 Å². The van der Waals surface area contributed by atoms with Crippen LogP contribution in [-0.4, -0.2) is 59.5 Å². The van der Waals surface area contributed by atoms with Crippen LogP contribution >= 0.6 is 0 Å². The molecule has 1 amide bonds. The average Bonchev–Trinajstić information content (AvgIpc) is 3.61. The maximum absolute atomic E-state index is 13.4. The normalized spacial score (nSPS) is 18.1. The maximum atomic E-state index is 13.4. The number of hydrogen-bond donors (Lipinski definition) is 1. The van der Waals surface area contributed by atoms with Crippen LogP contribution in [0.25, 0.3) is 10.8 Å². The Morgan fingerprint density at radius 2 is 1.85 bits per heavy atom. The predicted octanol–water partition coefficient (Wildman–Crippen LogP) is 3.98. The number of fused-ring (bicyclic) bond motifs is 1. The van der Waals surface area contributed by atoms with Crippen LogP contribution in [0.2, 0.25) is 0 Å². The van der Waals surface area contributed by atoms with Gasteiger partial charge < -0.3 is 9.84 Å². The van der Waals surface area contributed by atoms with Crippen LogP contribution in [0.1, 0.15) is 36.4 Å². The van der Waals surface area contributed by atoms with Crippen LogP contribution in [0, 0.1) is 0 Å². The number of rotatable bonds is 8. The molecule has 170 valence electrons. The van der Waals surface area contributed by atoms with Gasteiger partial charge in [-0.1, -0.05) is 48.5 Å². The van der Waals surface area contributed by atoms with Gasteiger partial charge in [-0.25, -0.2) is 5.01 Å². The third-order valence-corrected chi connectivity index (χ3v) is 6.54. The zero-order chi connectivity index (χ0) is 22.8. The first-order chi connectivity index (χ1) is 16.2. The Hall–Kier alpha value is -3.22. The minimum Gasteiger partial charge on any atom is -0.497 e. The summed E-state index contributed by atoms with van der Waals surface area (Å²) in [7, 11) is 1.65. The van der Waals surface area contributed by atoms with Crippen molar-refractivity contribution < 1.29 is 14.6 Å². The fourth-order valence-electron chi connectivity index (χ4n) is 4.57. The molecular weight excluding hydrogens is 414 g/mol. The highest BCUT2D eigenvalue weighted by Gasteiger charge is 2.36. The SMILES string of the molecule is COc1ccc(C2CC(c3ccc4ccccc4c3)=NN2C(=O)CN(CCO)C2CC2)cc1. The second-order valence-electron chi connectivity index (χ2n) is 8.77. The van der Waals surface area contributed by atoms with Crippen molar-refractivity contribution in [2.75, 3.05) is 26.8 Å². The third kappa shape index (κ3) is 4.63. The second kappa shape index (κ2) is 9.33. The first-order valence-corrected chi connectivity index (χ1v) is 11.5. The van der Waals surface area contributed by atoms with E-state index >= 15 is 0 Å². The summed E-state index contributed by atoms with van der Waals surface area (Å²) >= 11 is 0. The van der Waals surface area contributed by atoms with Crippen LogP contribution in [0.5, 0.6) is 5.75 Å². The van der Waals surface area contributed by atoms with Gasteiger partial charge in [0.1, 0.15) is 5.75 Å². The number of carbonyl (C=O) groups is 1. The van der Waals surface area contributed by atoms with Crippen molar-refractivity contribution in [1.29, 1.82) is 0 Å². The summed E-state index contributed by atoms with van der Waals surface area (Å²) in [6.45, 7) is 0.836. The molecule has 1 unspecified atom stereocenters. The van der Waals surface area contributed by atoms with E-state index in [9.17, 15) is 9.90 Å². The van der Waals surface area contributed by atoms with Gasteiger partial charge in [0, 0.05) is 19.0 Å². The zero-order valence-electron chi connectivity index (χ0n) is 18.9. The van der Waals surface area contributed by atoms with Gasteiger partial charge in [0.25, 0.3) is 5.91 Å². The topological polar surface area (TPSA) is 65.4 Å². The molecule has 0 spiro atoms. The molecule has 0 bridgehead atoms. The lowest BCUT2D eigenvalue weighted by Gasteiger charge is -2.26. The largest absolute Gasteiger partial charge is 0.497 e. The first kappa shape index (κ1) is 21.6. The van der Waals surface area contributed by atoms with Gasteiger partial charge in [-0.2, -0.15) is 5.10 Å². The molecule has 0 saturated heterocycles. The summed E-state index contributed by atoms with van der Waals surface area (Å²) < 4.78 is 5.31. The number of carbonyl (C=O) groups excluding carboxylic acids is 1. The van der Waals surface area contributed by atoms with E-state index < -0.39 is 0 Å². The first-order valence-electron chi connectivity index (χ1n) is 11.5. The highest BCUT2D eigenvalue weighted by Crippen LogP contribution is 2.35. The number of ether oxygens (including phenoxy) is 1. The van der Waals surface area contributed by atoms with E-state index in [1.54, 1.807) is 12.1 Å². The maximum Gasteiger partial charge on any atom is 0.257 e. The Kier molecular flexibility index (Phi) is 6.11. The van der Waals surface area contributed by atoms with E-state index in [2.05, 4.69) is 35.2 Å². The van der Waals surface area contributed by atoms with Crippen LogP contribution < -0.4 is 4.74 Å². The van der Waals surface area contributed by atoms with E-state index in [4.69, 9.17) is 9.84 Å². The Bertz CT molecular complexity index is 1170. The molecule has 2 aliphatic rings. The van der Waals surface area contributed by atoms with Gasteiger partial charge in [0.2, 0.25) is 0 Å². The Labute approximate surface area is 194 Å².